The van der Waals surface area contributed by atoms with E-state index in [1.165, 1.54) is 38.8 Å². The third kappa shape index (κ3) is 4.14. The predicted molar refractivity (Wildman–Crippen MR) is 73.1 cm³/mol. The minimum Gasteiger partial charge on any atom is -0.475 e. The first-order valence-electron chi connectivity index (χ1n) is 7.29. The Balaban J connectivity index is 1.42. The van der Waals surface area contributed by atoms with Gasteiger partial charge >= 0.3 is 0 Å². The van der Waals surface area contributed by atoms with E-state index in [2.05, 4.69) is 20.2 Å². The lowest BCUT2D eigenvalue weighted by atomic mass is 10.4. The third-order valence-corrected chi connectivity index (χ3v) is 3.67. The van der Waals surface area contributed by atoms with Crippen molar-refractivity contribution in [2.75, 3.05) is 26.2 Å². The first-order chi connectivity index (χ1) is 9.40. The Morgan fingerprint density at radius 3 is 2.89 bits per heavy atom. The van der Waals surface area contributed by atoms with Gasteiger partial charge in [-0.25, -0.2) is 4.98 Å². The summed E-state index contributed by atoms with van der Waals surface area (Å²) in [4.78, 5) is 11.1. The molecule has 2 aliphatic rings. The number of aromatic nitrogens is 2. The van der Waals surface area contributed by atoms with Crippen LogP contribution in [0.1, 0.15) is 31.4 Å². The van der Waals surface area contributed by atoms with Gasteiger partial charge in [0, 0.05) is 25.3 Å². The second-order valence-corrected chi connectivity index (χ2v) is 5.40. The molecule has 3 rings (SSSR count). The van der Waals surface area contributed by atoms with E-state index in [0.29, 0.717) is 18.5 Å². The Hall–Kier alpha value is -1.20. The summed E-state index contributed by atoms with van der Waals surface area (Å²) in [6.07, 6.45) is 8.73. The van der Waals surface area contributed by atoms with E-state index in [1.54, 1.807) is 6.20 Å². The second kappa shape index (κ2) is 6.30. The molecule has 0 bridgehead atoms. The van der Waals surface area contributed by atoms with Crippen molar-refractivity contribution >= 4 is 0 Å². The van der Waals surface area contributed by atoms with Crippen LogP contribution in [0, 0.1) is 0 Å². The van der Waals surface area contributed by atoms with Crippen molar-refractivity contribution in [2.24, 2.45) is 0 Å². The maximum Gasteiger partial charge on any atom is 0.232 e. The summed E-state index contributed by atoms with van der Waals surface area (Å²) in [6.45, 7) is 4.90. The van der Waals surface area contributed by atoms with Crippen LogP contribution in [-0.4, -0.2) is 47.2 Å². The number of nitrogens with zero attached hydrogens (tertiary/aromatic N) is 3. The molecule has 1 N–H and O–H groups in total. The zero-order valence-corrected chi connectivity index (χ0v) is 11.3. The molecule has 5 heteroatoms. The minimum absolute atomic E-state index is 0.647. The monoisotopic (exact) mass is 262 g/mol. The average molecular weight is 262 g/mol. The van der Waals surface area contributed by atoms with Crippen molar-refractivity contribution in [1.82, 2.24) is 20.2 Å². The van der Waals surface area contributed by atoms with E-state index in [-0.39, 0.29) is 0 Å². The Bertz CT molecular complexity index is 402. The van der Waals surface area contributed by atoms with E-state index in [1.807, 2.05) is 6.20 Å². The molecule has 0 radical (unpaired) electrons. The Morgan fingerprint density at radius 2 is 2.11 bits per heavy atom. The van der Waals surface area contributed by atoms with Gasteiger partial charge in [0.15, 0.2) is 0 Å². The zero-order chi connectivity index (χ0) is 12.9. The second-order valence-electron chi connectivity index (χ2n) is 5.40. The predicted octanol–water partition coefficient (Wildman–Crippen LogP) is 1.20. The van der Waals surface area contributed by atoms with Crippen molar-refractivity contribution in [3.05, 3.63) is 18.1 Å². The first kappa shape index (κ1) is 12.8. The fourth-order valence-electron chi connectivity index (χ4n) is 2.36. The summed E-state index contributed by atoms with van der Waals surface area (Å²) < 4.78 is 5.69. The molecule has 104 valence electrons. The number of likely N-dealkylation sites (tertiary alicyclic amines) is 1. The number of hydrogen-bond donors (Lipinski definition) is 1. The summed E-state index contributed by atoms with van der Waals surface area (Å²) in [7, 11) is 0. The summed E-state index contributed by atoms with van der Waals surface area (Å²) in [5.74, 6) is 0.647. The number of nitrogens with one attached hydrogen (secondary N) is 1. The molecular weight excluding hydrogens is 240 g/mol. The number of rotatable bonds is 7. The Labute approximate surface area is 114 Å². The third-order valence-electron chi connectivity index (χ3n) is 3.67. The van der Waals surface area contributed by atoms with Crippen LogP contribution in [0.2, 0.25) is 0 Å². The van der Waals surface area contributed by atoms with Gasteiger partial charge < -0.3 is 10.1 Å². The van der Waals surface area contributed by atoms with Gasteiger partial charge in [-0.3, -0.25) is 9.88 Å². The van der Waals surface area contributed by atoms with Gasteiger partial charge in [0.05, 0.1) is 11.9 Å². The zero-order valence-electron chi connectivity index (χ0n) is 11.3. The number of hydrogen-bond acceptors (Lipinski definition) is 5. The van der Waals surface area contributed by atoms with Crippen LogP contribution in [-0.2, 0) is 6.54 Å². The van der Waals surface area contributed by atoms with E-state index < -0.39 is 0 Å². The summed E-state index contributed by atoms with van der Waals surface area (Å²) in [5.41, 5.74) is 0.963. The molecule has 1 aromatic heterocycles. The highest BCUT2D eigenvalue weighted by molar-refractivity contribution is 5.08. The highest BCUT2D eigenvalue weighted by Gasteiger charge is 2.20. The van der Waals surface area contributed by atoms with Gasteiger partial charge in [0.1, 0.15) is 6.61 Å². The van der Waals surface area contributed by atoms with Crippen LogP contribution in [0.25, 0.3) is 0 Å². The fraction of sp³-hybridized carbons (Fsp3) is 0.714. The molecule has 0 amide bonds. The van der Waals surface area contributed by atoms with E-state index in [0.717, 1.165) is 18.8 Å². The molecule has 2 fully saturated rings. The highest BCUT2D eigenvalue weighted by Crippen LogP contribution is 2.19. The quantitative estimate of drug-likeness (QED) is 0.800. The SMILES string of the molecule is c1ncc(OCCN2CCCC2)nc1CNC1CC1. The molecule has 5 nitrogen and oxygen atoms in total. The molecule has 0 spiro atoms. The van der Waals surface area contributed by atoms with Crippen LogP contribution in [0.5, 0.6) is 5.88 Å². The van der Waals surface area contributed by atoms with E-state index in [9.17, 15) is 0 Å². The Morgan fingerprint density at radius 1 is 1.26 bits per heavy atom. The van der Waals surface area contributed by atoms with Crippen molar-refractivity contribution in [3.63, 3.8) is 0 Å². The molecular formula is C14H22N4O. The molecule has 1 aliphatic carbocycles. The molecule has 1 aliphatic heterocycles. The molecule has 0 unspecified atom stereocenters. The summed E-state index contributed by atoms with van der Waals surface area (Å²) >= 11 is 0. The molecule has 1 saturated heterocycles. The van der Waals surface area contributed by atoms with Gasteiger partial charge in [0.2, 0.25) is 5.88 Å². The largest absolute Gasteiger partial charge is 0.475 e. The van der Waals surface area contributed by atoms with E-state index in [4.69, 9.17) is 4.74 Å². The average Bonchev–Trinajstić information content (AvgIpc) is 3.13. The van der Waals surface area contributed by atoms with Crippen molar-refractivity contribution in [1.29, 1.82) is 0 Å². The number of ether oxygens (including phenoxy) is 1. The maximum atomic E-state index is 5.69. The van der Waals surface area contributed by atoms with E-state index >= 15 is 0 Å². The van der Waals surface area contributed by atoms with Crippen molar-refractivity contribution in [3.8, 4) is 5.88 Å². The highest BCUT2D eigenvalue weighted by atomic mass is 16.5. The van der Waals surface area contributed by atoms with Crippen LogP contribution < -0.4 is 10.1 Å². The van der Waals surface area contributed by atoms with Crippen LogP contribution in [0.15, 0.2) is 12.4 Å². The molecule has 1 aromatic rings. The van der Waals surface area contributed by atoms with Crippen LogP contribution >= 0.6 is 0 Å². The van der Waals surface area contributed by atoms with Gasteiger partial charge in [-0.15, -0.1) is 0 Å². The van der Waals surface area contributed by atoms with Crippen molar-refractivity contribution in [2.45, 2.75) is 38.3 Å². The normalized spacial score (nSPS) is 19.8. The Kier molecular flexibility index (Phi) is 4.25. The van der Waals surface area contributed by atoms with Crippen molar-refractivity contribution < 1.29 is 4.74 Å². The van der Waals surface area contributed by atoms with Crippen LogP contribution in [0.3, 0.4) is 0 Å². The fourth-order valence-corrected chi connectivity index (χ4v) is 2.36. The molecule has 1 saturated carbocycles. The topological polar surface area (TPSA) is 50.3 Å². The maximum absolute atomic E-state index is 5.69. The lowest BCUT2D eigenvalue weighted by Gasteiger charge is -2.14. The molecule has 2 heterocycles. The lowest BCUT2D eigenvalue weighted by molar-refractivity contribution is 0.231. The van der Waals surface area contributed by atoms with Gasteiger partial charge in [0.25, 0.3) is 0 Å². The molecule has 19 heavy (non-hydrogen) atoms. The van der Waals surface area contributed by atoms with Crippen LogP contribution in [0.4, 0.5) is 0 Å². The molecule has 0 aromatic carbocycles. The summed E-state index contributed by atoms with van der Waals surface area (Å²) in [6, 6.07) is 0.696. The lowest BCUT2D eigenvalue weighted by Crippen LogP contribution is -2.25. The van der Waals surface area contributed by atoms with Gasteiger partial charge in [-0.2, -0.15) is 0 Å². The van der Waals surface area contributed by atoms with Gasteiger partial charge in [-0.1, -0.05) is 0 Å². The summed E-state index contributed by atoms with van der Waals surface area (Å²) in [5, 5.41) is 3.43. The van der Waals surface area contributed by atoms with Gasteiger partial charge in [-0.05, 0) is 38.8 Å². The standard InChI is InChI=1S/C14H22N4O/c1-2-6-18(5-1)7-8-19-14-11-15-9-13(17-14)10-16-12-3-4-12/h9,11-12,16H,1-8,10H2. The smallest absolute Gasteiger partial charge is 0.232 e. The minimum atomic E-state index is 0.647. The molecule has 0 atom stereocenters. The first-order valence-corrected chi connectivity index (χ1v) is 7.29.